The molecule has 0 fully saturated rings. The summed E-state index contributed by atoms with van der Waals surface area (Å²) in [5, 5.41) is 10.9. The third-order valence-corrected chi connectivity index (χ3v) is 3.75. The Balaban J connectivity index is 1.90. The molecular formula is C14H16N4O2. The number of anilines is 1. The fourth-order valence-corrected chi connectivity index (χ4v) is 2.71. The van der Waals surface area contributed by atoms with E-state index in [9.17, 15) is 10.1 Å². The van der Waals surface area contributed by atoms with Crippen molar-refractivity contribution in [2.45, 2.75) is 32.2 Å². The summed E-state index contributed by atoms with van der Waals surface area (Å²) in [6.45, 7) is 0.601. The Labute approximate surface area is 116 Å². The van der Waals surface area contributed by atoms with Crippen molar-refractivity contribution in [1.82, 2.24) is 9.55 Å². The van der Waals surface area contributed by atoms with Crippen molar-refractivity contribution in [2.24, 2.45) is 0 Å². The van der Waals surface area contributed by atoms with Gasteiger partial charge in [-0.05, 0) is 37.3 Å². The third kappa shape index (κ3) is 2.24. The maximum Gasteiger partial charge on any atom is 0.292 e. The van der Waals surface area contributed by atoms with Gasteiger partial charge in [-0.25, -0.2) is 4.98 Å². The number of fused-ring (bicyclic) bond motifs is 1. The fourth-order valence-electron chi connectivity index (χ4n) is 2.71. The van der Waals surface area contributed by atoms with Gasteiger partial charge < -0.3 is 10.3 Å². The summed E-state index contributed by atoms with van der Waals surface area (Å²) >= 11 is 0. The van der Waals surface area contributed by atoms with Crippen LogP contribution in [0.3, 0.4) is 0 Å². The van der Waals surface area contributed by atoms with Crippen LogP contribution < -0.4 is 5.73 Å². The fraction of sp³-hybridized carbons (Fsp3) is 0.357. The standard InChI is InChI=1S/C14H16N4O2/c15-11-6-5-10(7-14(11)18(19)20)8-17-9-16-12-3-1-2-4-13(12)17/h5-7,9H,1-4,8,15H2. The van der Waals surface area contributed by atoms with Crippen LogP contribution in [0.4, 0.5) is 11.4 Å². The Bertz CT molecular complexity index is 663. The van der Waals surface area contributed by atoms with Gasteiger partial charge in [0.25, 0.3) is 5.69 Å². The highest BCUT2D eigenvalue weighted by molar-refractivity contribution is 5.59. The van der Waals surface area contributed by atoms with Crippen LogP contribution in [0.15, 0.2) is 24.5 Å². The molecule has 0 bridgehead atoms. The van der Waals surface area contributed by atoms with Gasteiger partial charge in [-0.1, -0.05) is 6.07 Å². The van der Waals surface area contributed by atoms with Crippen LogP contribution in [0.1, 0.15) is 29.8 Å². The van der Waals surface area contributed by atoms with Gasteiger partial charge in [0, 0.05) is 18.3 Å². The van der Waals surface area contributed by atoms with Crippen molar-refractivity contribution < 1.29 is 4.92 Å². The molecule has 6 nitrogen and oxygen atoms in total. The molecule has 0 radical (unpaired) electrons. The maximum absolute atomic E-state index is 10.9. The summed E-state index contributed by atoms with van der Waals surface area (Å²) in [4.78, 5) is 14.9. The summed E-state index contributed by atoms with van der Waals surface area (Å²) < 4.78 is 2.09. The van der Waals surface area contributed by atoms with E-state index >= 15 is 0 Å². The highest BCUT2D eigenvalue weighted by atomic mass is 16.6. The average molecular weight is 272 g/mol. The number of aryl methyl sites for hydroxylation is 1. The van der Waals surface area contributed by atoms with Crippen LogP contribution >= 0.6 is 0 Å². The van der Waals surface area contributed by atoms with Crippen LogP contribution in [-0.2, 0) is 19.4 Å². The Morgan fingerprint density at radius 2 is 2.15 bits per heavy atom. The number of nitro benzene ring substituents is 1. The molecule has 1 aromatic carbocycles. The number of nitrogens with two attached hydrogens (primary N) is 1. The molecule has 2 aromatic rings. The quantitative estimate of drug-likeness (QED) is 0.527. The molecule has 20 heavy (non-hydrogen) atoms. The molecule has 1 heterocycles. The second kappa shape index (κ2) is 4.96. The van der Waals surface area contributed by atoms with Gasteiger partial charge in [0.2, 0.25) is 0 Å². The summed E-state index contributed by atoms with van der Waals surface area (Å²) in [5.41, 5.74) is 9.08. The van der Waals surface area contributed by atoms with Crippen molar-refractivity contribution in [3.8, 4) is 0 Å². The molecule has 1 aromatic heterocycles. The number of imidazole rings is 1. The second-order valence-corrected chi connectivity index (χ2v) is 5.12. The van der Waals surface area contributed by atoms with Crippen molar-refractivity contribution in [2.75, 3.05) is 5.73 Å². The van der Waals surface area contributed by atoms with E-state index in [4.69, 9.17) is 5.73 Å². The minimum atomic E-state index is -0.442. The van der Waals surface area contributed by atoms with E-state index in [1.807, 2.05) is 12.4 Å². The topological polar surface area (TPSA) is 87.0 Å². The molecular weight excluding hydrogens is 256 g/mol. The number of rotatable bonds is 3. The predicted octanol–water partition coefficient (Wildman–Crippen LogP) is 2.30. The number of aromatic nitrogens is 2. The first kappa shape index (κ1) is 12.7. The van der Waals surface area contributed by atoms with Crippen LogP contribution in [0.25, 0.3) is 0 Å². The van der Waals surface area contributed by atoms with Gasteiger partial charge in [-0.15, -0.1) is 0 Å². The second-order valence-electron chi connectivity index (χ2n) is 5.12. The summed E-state index contributed by atoms with van der Waals surface area (Å²) in [5.74, 6) is 0. The lowest BCUT2D eigenvalue weighted by atomic mass is 10.0. The molecule has 6 heteroatoms. The minimum absolute atomic E-state index is 0.0310. The van der Waals surface area contributed by atoms with E-state index in [0.717, 1.165) is 18.4 Å². The summed E-state index contributed by atoms with van der Waals surface area (Å²) in [6, 6.07) is 4.97. The highest BCUT2D eigenvalue weighted by Gasteiger charge is 2.16. The van der Waals surface area contributed by atoms with E-state index in [0.29, 0.717) is 6.54 Å². The van der Waals surface area contributed by atoms with Crippen molar-refractivity contribution in [1.29, 1.82) is 0 Å². The van der Waals surface area contributed by atoms with Gasteiger partial charge in [-0.3, -0.25) is 10.1 Å². The monoisotopic (exact) mass is 272 g/mol. The molecule has 1 aliphatic carbocycles. The molecule has 0 saturated carbocycles. The van der Waals surface area contributed by atoms with E-state index in [1.165, 1.54) is 24.2 Å². The SMILES string of the molecule is Nc1ccc(Cn2cnc3c2CCCC3)cc1[N+](=O)[O-]. The number of benzene rings is 1. The largest absolute Gasteiger partial charge is 0.393 e. The van der Waals surface area contributed by atoms with Gasteiger partial charge in [0.1, 0.15) is 5.69 Å². The lowest BCUT2D eigenvalue weighted by molar-refractivity contribution is -0.384. The number of nitrogens with zero attached hydrogens (tertiary/aromatic N) is 3. The number of hydrogen-bond donors (Lipinski definition) is 1. The van der Waals surface area contributed by atoms with E-state index < -0.39 is 4.92 Å². The Hall–Kier alpha value is -2.37. The molecule has 0 saturated heterocycles. The van der Waals surface area contributed by atoms with Crippen LogP contribution in [-0.4, -0.2) is 14.5 Å². The molecule has 0 unspecified atom stereocenters. The predicted molar refractivity (Wildman–Crippen MR) is 75.5 cm³/mol. The Kier molecular flexibility index (Phi) is 3.14. The first-order valence-corrected chi connectivity index (χ1v) is 6.71. The lowest BCUT2D eigenvalue weighted by Crippen LogP contribution is -2.09. The van der Waals surface area contributed by atoms with Crippen LogP contribution in [0.5, 0.6) is 0 Å². The molecule has 0 atom stereocenters. The first-order valence-electron chi connectivity index (χ1n) is 6.71. The zero-order valence-electron chi connectivity index (χ0n) is 11.1. The summed E-state index contributed by atoms with van der Waals surface area (Å²) in [6.07, 6.45) is 6.27. The number of hydrogen-bond acceptors (Lipinski definition) is 4. The maximum atomic E-state index is 10.9. The normalized spacial score (nSPS) is 14.0. The van der Waals surface area contributed by atoms with Gasteiger partial charge >= 0.3 is 0 Å². The van der Waals surface area contributed by atoms with Gasteiger partial charge in [0.15, 0.2) is 0 Å². The molecule has 0 aliphatic heterocycles. The Morgan fingerprint density at radius 3 is 2.95 bits per heavy atom. The number of nitrogen functional groups attached to an aromatic ring is 1. The minimum Gasteiger partial charge on any atom is -0.393 e. The van der Waals surface area contributed by atoms with E-state index in [2.05, 4.69) is 9.55 Å². The zero-order chi connectivity index (χ0) is 14.1. The van der Waals surface area contributed by atoms with Crippen molar-refractivity contribution in [3.63, 3.8) is 0 Å². The van der Waals surface area contributed by atoms with Crippen molar-refractivity contribution in [3.05, 3.63) is 51.6 Å². The summed E-state index contributed by atoms with van der Waals surface area (Å²) in [7, 11) is 0. The van der Waals surface area contributed by atoms with E-state index in [-0.39, 0.29) is 11.4 Å². The molecule has 3 rings (SSSR count). The smallest absolute Gasteiger partial charge is 0.292 e. The lowest BCUT2D eigenvalue weighted by Gasteiger charge is -2.14. The molecule has 104 valence electrons. The van der Waals surface area contributed by atoms with Gasteiger partial charge in [-0.2, -0.15) is 0 Å². The van der Waals surface area contributed by atoms with Crippen LogP contribution in [0, 0.1) is 10.1 Å². The molecule has 2 N–H and O–H groups in total. The third-order valence-electron chi connectivity index (χ3n) is 3.75. The Morgan fingerprint density at radius 1 is 1.35 bits per heavy atom. The molecule has 1 aliphatic rings. The molecule has 0 spiro atoms. The average Bonchev–Trinajstić information content (AvgIpc) is 2.84. The van der Waals surface area contributed by atoms with Gasteiger partial charge in [0.05, 0.1) is 16.9 Å². The first-order chi connectivity index (χ1) is 9.65. The van der Waals surface area contributed by atoms with Crippen LogP contribution in [0.2, 0.25) is 0 Å². The van der Waals surface area contributed by atoms with Crippen molar-refractivity contribution >= 4 is 11.4 Å². The van der Waals surface area contributed by atoms with E-state index in [1.54, 1.807) is 12.1 Å². The number of nitro groups is 1. The molecule has 0 amide bonds. The zero-order valence-corrected chi connectivity index (χ0v) is 11.1. The highest BCUT2D eigenvalue weighted by Crippen LogP contribution is 2.25.